The van der Waals surface area contributed by atoms with Gasteiger partial charge in [-0.05, 0) is 55.3 Å². The smallest absolute Gasteiger partial charge is 0.322 e. The van der Waals surface area contributed by atoms with E-state index < -0.39 is 17.1 Å². The van der Waals surface area contributed by atoms with Gasteiger partial charge in [0.2, 0.25) is 0 Å². The lowest BCUT2D eigenvalue weighted by molar-refractivity contribution is -0.426. The fraction of sp³-hybridized carbons (Fsp3) is 0.185. The number of fused-ring (bicyclic) bond motifs is 3. The van der Waals surface area contributed by atoms with Crippen LogP contribution in [-0.4, -0.2) is 44.8 Å². The first-order valence-corrected chi connectivity index (χ1v) is 12.1. The molecule has 6 nitrogen and oxygen atoms in total. The molecule has 35 heavy (non-hydrogen) atoms. The first kappa shape index (κ1) is 23.0. The van der Waals surface area contributed by atoms with Crippen LogP contribution in [0.25, 0.3) is 0 Å². The van der Waals surface area contributed by atoms with Gasteiger partial charge in [-0.15, -0.1) is 11.8 Å². The molecule has 0 fully saturated rings. The van der Waals surface area contributed by atoms with E-state index in [2.05, 4.69) is 5.32 Å². The monoisotopic (exact) mass is 488 g/mol. The van der Waals surface area contributed by atoms with Crippen LogP contribution in [0.3, 0.4) is 0 Å². The SMILES string of the molecule is Cc1ccc(NC(=O)C[N+]2=C3c4ccccc4SC3C(=O)N(Cc3ccc(F)cc3)C2=O)c(C)c1. The van der Waals surface area contributed by atoms with Crippen molar-refractivity contribution < 1.29 is 23.3 Å². The second kappa shape index (κ2) is 9.11. The average Bonchev–Trinajstić information content (AvgIpc) is 3.22. The molecule has 4 amide bonds. The molecule has 1 N–H and O–H groups in total. The predicted molar refractivity (Wildman–Crippen MR) is 132 cm³/mol. The third-order valence-corrected chi connectivity index (χ3v) is 7.38. The first-order valence-electron chi connectivity index (χ1n) is 11.2. The van der Waals surface area contributed by atoms with Gasteiger partial charge < -0.3 is 5.32 Å². The second-order valence-corrected chi connectivity index (χ2v) is 9.81. The number of aryl methyl sites for hydroxylation is 2. The Bertz CT molecular complexity index is 1400. The van der Waals surface area contributed by atoms with Gasteiger partial charge in [0.05, 0.1) is 0 Å². The van der Waals surface area contributed by atoms with Crippen LogP contribution in [0, 0.1) is 19.7 Å². The molecule has 1 unspecified atom stereocenters. The number of carbonyl (C=O) groups is 3. The number of amides is 4. The zero-order valence-corrected chi connectivity index (χ0v) is 20.1. The predicted octanol–water partition coefficient (Wildman–Crippen LogP) is 4.52. The average molecular weight is 489 g/mol. The Hall–Kier alpha value is -3.78. The van der Waals surface area contributed by atoms with Crippen LogP contribution >= 0.6 is 11.8 Å². The Morgan fingerprint density at radius 3 is 2.54 bits per heavy atom. The molecular weight excluding hydrogens is 465 g/mol. The van der Waals surface area contributed by atoms with E-state index in [4.69, 9.17) is 0 Å². The number of thioether (sulfide) groups is 1. The molecule has 0 saturated heterocycles. The molecule has 1 atom stereocenters. The molecule has 3 aromatic carbocycles. The van der Waals surface area contributed by atoms with Gasteiger partial charge in [-0.3, -0.25) is 4.79 Å². The third kappa shape index (κ3) is 4.37. The number of imide groups is 1. The van der Waals surface area contributed by atoms with Gasteiger partial charge in [0.1, 0.15) is 18.1 Å². The van der Waals surface area contributed by atoms with Gasteiger partial charge in [-0.25, -0.2) is 9.18 Å². The van der Waals surface area contributed by atoms with Gasteiger partial charge in [0.15, 0.2) is 11.8 Å². The summed E-state index contributed by atoms with van der Waals surface area (Å²) in [5.74, 6) is -1.10. The van der Waals surface area contributed by atoms with E-state index in [1.54, 1.807) is 12.1 Å². The van der Waals surface area contributed by atoms with Gasteiger partial charge >= 0.3 is 11.9 Å². The zero-order valence-electron chi connectivity index (χ0n) is 19.2. The molecule has 2 aliphatic heterocycles. The zero-order chi connectivity index (χ0) is 24.7. The van der Waals surface area contributed by atoms with Crippen molar-refractivity contribution in [1.29, 1.82) is 0 Å². The molecule has 0 radical (unpaired) electrons. The molecule has 3 aromatic rings. The number of urea groups is 1. The van der Waals surface area contributed by atoms with Crippen LogP contribution in [0.5, 0.6) is 0 Å². The van der Waals surface area contributed by atoms with Crippen molar-refractivity contribution in [2.75, 3.05) is 11.9 Å². The van der Waals surface area contributed by atoms with Gasteiger partial charge in [0, 0.05) is 16.1 Å². The van der Waals surface area contributed by atoms with E-state index in [1.807, 2.05) is 56.3 Å². The van der Waals surface area contributed by atoms with Gasteiger partial charge in [-0.2, -0.15) is 14.3 Å². The van der Waals surface area contributed by atoms with Crippen LogP contribution in [0.15, 0.2) is 71.6 Å². The number of nitrogens with one attached hydrogen (secondary N) is 1. The summed E-state index contributed by atoms with van der Waals surface area (Å²) in [6.45, 7) is 3.64. The molecule has 5 rings (SSSR count). The Kier molecular flexibility index (Phi) is 5.98. The molecule has 0 bridgehead atoms. The summed E-state index contributed by atoms with van der Waals surface area (Å²) in [5.41, 5.74) is 4.61. The summed E-state index contributed by atoms with van der Waals surface area (Å²) in [4.78, 5) is 42.1. The van der Waals surface area contributed by atoms with E-state index in [0.29, 0.717) is 17.0 Å². The molecule has 8 heteroatoms. The highest BCUT2D eigenvalue weighted by Crippen LogP contribution is 2.40. The van der Waals surface area contributed by atoms with Crippen molar-refractivity contribution in [2.45, 2.75) is 30.5 Å². The van der Waals surface area contributed by atoms with Crippen LogP contribution in [0.1, 0.15) is 22.3 Å². The van der Waals surface area contributed by atoms with Crippen molar-refractivity contribution in [2.24, 2.45) is 0 Å². The number of hydrogen-bond acceptors (Lipinski definition) is 4. The lowest BCUT2D eigenvalue weighted by Crippen LogP contribution is -2.56. The van der Waals surface area contributed by atoms with E-state index in [9.17, 15) is 18.8 Å². The van der Waals surface area contributed by atoms with Gasteiger partial charge in [-0.1, -0.05) is 42.0 Å². The third-order valence-electron chi connectivity index (χ3n) is 6.11. The molecule has 176 valence electrons. The van der Waals surface area contributed by atoms with Crippen molar-refractivity contribution in [3.8, 4) is 0 Å². The van der Waals surface area contributed by atoms with E-state index in [0.717, 1.165) is 26.5 Å². The van der Waals surface area contributed by atoms with Crippen molar-refractivity contribution in [1.82, 2.24) is 4.90 Å². The number of anilines is 1. The Balaban J connectivity index is 1.50. The summed E-state index contributed by atoms with van der Waals surface area (Å²) in [5, 5.41) is 2.25. The Morgan fingerprint density at radius 2 is 1.80 bits per heavy atom. The fourth-order valence-corrected chi connectivity index (χ4v) is 5.71. The number of rotatable bonds is 5. The standard InChI is InChI=1S/C27H22FN3O3S/c1-16-7-12-21(17(2)13-16)29-23(32)15-30-24-20-5-3-4-6-22(20)35-25(24)26(33)31(27(30)34)14-18-8-10-19(28)11-9-18/h3-13,25H,14-15H2,1-2H3/p+1. The minimum absolute atomic E-state index is 0.00613. The molecule has 0 saturated carbocycles. The van der Waals surface area contributed by atoms with Crippen LogP contribution < -0.4 is 5.32 Å². The van der Waals surface area contributed by atoms with Crippen molar-refractivity contribution in [3.05, 3.63) is 94.8 Å². The number of halogens is 1. The number of hydrogen-bond donors (Lipinski definition) is 1. The summed E-state index contributed by atoms with van der Waals surface area (Å²) in [7, 11) is 0. The maximum Gasteiger partial charge on any atom is 0.501 e. The van der Waals surface area contributed by atoms with Gasteiger partial charge in [0.25, 0.3) is 5.91 Å². The van der Waals surface area contributed by atoms with Crippen molar-refractivity contribution in [3.63, 3.8) is 0 Å². The first-order chi connectivity index (χ1) is 16.8. The maximum atomic E-state index is 13.6. The summed E-state index contributed by atoms with van der Waals surface area (Å²) < 4.78 is 14.8. The van der Waals surface area contributed by atoms with E-state index in [1.165, 1.54) is 28.5 Å². The maximum absolute atomic E-state index is 13.6. The molecule has 0 aliphatic carbocycles. The van der Waals surface area contributed by atoms with E-state index in [-0.39, 0.29) is 24.9 Å². The largest absolute Gasteiger partial charge is 0.501 e. The summed E-state index contributed by atoms with van der Waals surface area (Å²) in [6.07, 6.45) is 0. The lowest BCUT2D eigenvalue weighted by Gasteiger charge is -2.24. The Labute approximate surface area is 206 Å². The quantitative estimate of drug-likeness (QED) is 0.536. The summed E-state index contributed by atoms with van der Waals surface area (Å²) >= 11 is 1.37. The minimum Gasteiger partial charge on any atom is -0.322 e. The highest BCUT2D eigenvalue weighted by molar-refractivity contribution is 8.02. The molecule has 2 aliphatic rings. The topological polar surface area (TPSA) is 69.5 Å². The lowest BCUT2D eigenvalue weighted by atomic mass is 10.0. The van der Waals surface area contributed by atoms with Crippen LogP contribution in [0.4, 0.5) is 14.9 Å². The Morgan fingerprint density at radius 1 is 1.06 bits per heavy atom. The minimum atomic E-state index is -0.639. The fourth-order valence-electron chi connectivity index (χ4n) is 4.40. The molecular formula is C27H23FN3O3S+. The molecule has 0 aromatic heterocycles. The number of nitrogens with zero attached hydrogens (tertiary/aromatic N) is 2. The van der Waals surface area contributed by atoms with Crippen LogP contribution in [0.2, 0.25) is 0 Å². The van der Waals surface area contributed by atoms with Crippen LogP contribution in [-0.2, 0) is 16.1 Å². The highest BCUT2D eigenvalue weighted by atomic mass is 32.2. The normalized spacial score (nSPS) is 16.9. The van der Waals surface area contributed by atoms with E-state index >= 15 is 0 Å². The van der Waals surface area contributed by atoms with Crippen molar-refractivity contribution >= 4 is 41.0 Å². The number of carbonyl (C=O) groups excluding carboxylic acids is 3. The molecule has 2 heterocycles. The second-order valence-electron chi connectivity index (χ2n) is 8.67. The number of benzene rings is 3. The summed E-state index contributed by atoms with van der Waals surface area (Å²) in [6, 6.07) is 18.3. The molecule has 0 spiro atoms. The highest BCUT2D eigenvalue weighted by Gasteiger charge is 2.52.